The van der Waals surface area contributed by atoms with E-state index in [-0.39, 0.29) is 0 Å². The Morgan fingerprint density at radius 1 is 1.06 bits per heavy atom. The number of oxazole rings is 1. The predicted molar refractivity (Wildman–Crippen MR) is 73.9 cm³/mol. The summed E-state index contributed by atoms with van der Waals surface area (Å²) in [6.07, 6.45) is 0. The van der Waals surface area contributed by atoms with Crippen molar-refractivity contribution in [1.82, 2.24) is 4.98 Å². The first-order valence-electron chi connectivity index (χ1n) is 5.25. The Morgan fingerprint density at radius 3 is 2.67 bits per heavy atom. The van der Waals surface area contributed by atoms with Crippen molar-refractivity contribution in [3.05, 3.63) is 46.4 Å². The van der Waals surface area contributed by atoms with Gasteiger partial charge >= 0.3 is 0 Å². The van der Waals surface area contributed by atoms with Gasteiger partial charge in [-0.3, -0.25) is 0 Å². The lowest BCUT2D eigenvalue weighted by atomic mass is 10.2. The molecule has 0 fully saturated rings. The molecule has 18 heavy (non-hydrogen) atoms. The van der Waals surface area contributed by atoms with Gasteiger partial charge in [0, 0.05) is 10.6 Å². The first kappa shape index (κ1) is 11.4. The fourth-order valence-corrected chi connectivity index (χ4v) is 1.98. The summed E-state index contributed by atoms with van der Waals surface area (Å²) < 4.78 is 5.64. The molecule has 0 amide bonds. The summed E-state index contributed by atoms with van der Waals surface area (Å²) in [6, 6.07) is 10.6. The minimum Gasteiger partial charge on any atom is -0.436 e. The second-order valence-corrected chi connectivity index (χ2v) is 4.71. The highest BCUT2D eigenvalue weighted by Crippen LogP contribution is 2.29. The number of fused-ring (bicyclic) bond motifs is 1. The van der Waals surface area contributed by atoms with Crippen LogP contribution in [0.25, 0.3) is 22.6 Å². The fraction of sp³-hybridized carbons (Fsp3) is 0. The largest absolute Gasteiger partial charge is 0.436 e. The van der Waals surface area contributed by atoms with E-state index in [1.165, 1.54) is 0 Å². The number of anilines is 1. The van der Waals surface area contributed by atoms with Gasteiger partial charge in [-0.05, 0) is 36.4 Å². The number of nitrogens with two attached hydrogens (primary N) is 1. The molecular formula is C13H8Cl2N2O. The molecule has 2 N–H and O–H groups in total. The van der Waals surface area contributed by atoms with Gasteiger partial charge in [-0.1, -0.05) is 23.2 Å². The highest BCUT2D eigenvalue weighted by Gasteiger charge is 2.09. The maximum Gasteiger partial charge on any atom is 0.227 e. The molecule has 0 saturated carbocycles. The molecule has 0 radical (unpaired) electrons. The number of benzene rings is 2. The van der Waals surface area contributed by atoms with Crippen LogP contribution in [0, 0.1) is 0 Å². The average molecular weight is 279 g/mol. The van der Waals surface area contributed by atoms with Gasteiger partial charge in [0.25, 0.3) is 0 Å². The van der Waals surface area contributed by atoms with Gasteiger partial charge in [-0.15, -0.1) is 0 Å². The number of rotatable bonds is 1. The molecule has 0 aliphatic rings. The number of nitrogen functional groups attached to an aromatic ring is 1. The van der Waals surface area contributed by atoms with Crippen LogP contribution < -0.4 is 5.73 Å². The van der Waals surface area contributed by atoms with Crippen molar-refractivity contribution in [2.45, 2.75) is 0 Å². The molecule has 3 rings (SSSR count). The number of hydrogen-bond acceptors (Lipinski definition) is 3. The Kier molecular flexibility index (Phi) is 2.65. The van der Waals surface area contributed by atoms with E-state index < -0.39 is 0 Å². The van der Waals surface area contributed by atoms with E-state index in [4.69, 9.17) is 33.4 Å². The van der Waals surface area contributed by atoms with Gasteiger partial charge in [-0.2, -0.15) is 0 Å². The van der Waals surface area contributed by atoms with Crippen LogP contribution in [0.2, 0.25) is 10.0 Å². The quantitative estimate of drug-likeness (QED) is 0.672. The third kappa shape index (κ3) is 1.92. The molecule has 0 unspecified atom stereocenters. The molecule has 5 heteroatoms. The summed E-state index contributed by atoms with van der Waals surface area (Å²) in [7, 11) is 0. The molecule has 90 valence electrons. The molecule has 0 aliphatic carbocycles. The molecule has 3 aromatic rings. The molecule has 0 saturated heterocycles. The fourth-order valence-electron chi connectivity index (χ4n) is 1.70. The Morgan fingerprint density at radius 2 is 1.89 bits per heavy atom. The smallest absolute Gasteiger partial charge is 0.227 e. The second kappa shape index (κ2) is 4.19. The van der Waals surface area contributed by atoms with Crippen molar-refractivity contribution < 1.29 is 4.42 Å². The van der Waals surface area contributed by atoms with E-state index in [9.17, 15) is 0 Å². The monoisotopic (exact) mass is 278 g/mol. The highest BCUT2D eigenvalue weighted by molar-refractivity contribution is 6.33. The van der Waals surface area contributed by atoms with Gasteiger partial charge < -0.3 is 10.2 Å². The molecule has 1 aromatic heterocycles. The van der Waals surface area contributed by atoms with Crippen molar-refractivity contribution in [3.8, 4) is 11.5 Å². The zero-order valence-electron chi connectivity index (χ0n) is 9.15. The minimum absolute atomic E-state index is 0.495. The van der Waals surface area contributed by atoms with Crippen LogP contribution in [0.1, 0.15) is 0 Å². The van der Waals surface area contributed by atoms with Crippen LogP contribution in [0.15, 0.2) is 40.8 Å². The van der Waals surface area contributed by atoms with Crippen LogP contribution in [-0.4, -0.2) is 4.98 Å². The summed E-state index contributed by atoms with van der Waals surface area (Å²) in [4.78, 5) is 4.36. The average Bonchev–Trinajstić information content (AvgIpc) is 2.75. The Bertz CT molecular complexity index is 737. The number of halogens is 2. The third-order valence-corrected chi connectivity index (χ3v) is 3.17. The van der Waals surface area contributed by atoms with Crippen LogP contribution >= 0.6 is 23.2 Å². The van der Waals surface area contributed by atoms with E-state index in [1.54, 1.807) is 30.3 Å². The Hall–Kier alpha value is -1.71. The molecule has 0 atom stereocenters. The van der Waals surface area contributed by atoms with Gasteiger partial charge in [0.15, 0.2) is 5.58 Å². The van der Waals surface area contributed by atoms with Crippen molar-refractivity contribution in [2.24, 2.45) is 0 Å². The highest BCUT2D eigenvalue weighted by atomic mass is 35.5. The summed E-state index contributed by atoms with van der Waals surface area (Å²) in [5.41, 5.74) is 8.43. The lowest BCUT2D eigenvalue weighted by Gasteiger charge is -1.99. The minimum atomic E-state index is 0.495. The molecule has 2 aromatic carbocycles. The SMILES string of the molecule is Nc1cc(-c2nc3cc(Cl)ccc3o2)ccc1Cl. The molecule has 3 nitrogen and oxygen atoms in total. The molecular weight excluding hydrogens is 271 g/mol. The zero-order valence-corrected chi connectivity index (χ0v) is 10.7. The third-order valence-electron chi connectivity index (χ3n) is 2.59. The standard InChI is InChI=1S/C13H8Cl2N2O/c14-8-2-4-12-11(6-8)17-13(18-12)7-1-3-9(15)10(16)5-7/h1-6H,16H2. The van der Waals surface area contributed by atoms with E-state index in [2.05, 4.69) is 4.98 Å². The van der Waals surface area contributed by atoms with Crippen molar-refractivity contribution in [3.63, 3.8) is 0 Å². The van der Waals surface area contributed by atoms with Gasteiger partial charge in [-0.25, -0.2) is 4.98 Å². The van der Waals surface area contributed by atoms with E-state index in [0.717, 1.165) is 5.56 Å². The van der Waals surface area contributed by atoms with Gasteiger partial charge in [0.1, 0.15) is 5.52 Å². The Balaban J connectivity index is 2.16. The topological polar surface area (TPSA) is 52.0 Å². The molecule has 0 aliphatic heterocycles. The summed E-state index contributed by atoms with van der Waals surface area (Å²) in [5, 5.41) is 1.14. The van der Waals surface area contributed by atoms with Gasteiger partial charge in [0.05, 0.1) is 10.7 Å². The van der Waals surface area contributed by atoms with Crippen LogP contribution in [0.5, 0.6) is 0 Å². The summed E-state index contributed by atoms with van der Waals surface area (Å²) in [6.45, 7) is 0. The molecule has 0 spiro atoms. The first-order valence-corrected chi connectivity index (χ1v) is 6.00. The number of aromatic nitrogens is 1. The molecule has 0 bridgehead atoms. The molecule has 1 heterocycles. The maximum absolute atomic E-state index is 5.90. The van der Waals surface area contributed by atoms with Crippen LogP contribution in [0.4, 0.5) is 5.69 Å². The lowest BCUT2D eigenvalue weighted by Crippen LogP contribution is -1.87. The van der Waals surface area contributed by atoms with E-state index in [1.807, 2.05) is 6.07 Å². The zero-order chi connectivity index (χ0) is 12.7. The maximum atomic E-state index is 5.90. The van der Waals surface area contributed by atoms with Crippen molar-refractivity contribution in [1.29, 1.82) is 0 Å². The lowest BCUT2D eigenvalue weighted by molar-refractivity contribution is 0.620. The Labute approximate surface area is 113 Å². The van der Waals surface area contributed by atoms with Crippen LogP contribution in [0.3, 0.4) is 0 Å². The summed E-state index contributed by atoms with van der Waals surface area (Å²) >= 11 is 11.8. The normalized spacial score (nSPS) is 11.0. The van der Waals surface area contributed by atoms with Crippen molar-refractivity contribution in [2.75, 3.05) is 5.73 Å². The first-order chi connectivity index (χ1) is 8.63. The number of nitrogens with zero attached hydrogens (tertiary/aromatic N) is 1. The van der Waals surface area contributed by atoms with Crippen molar-refractivity contribution >= 4 is 40.0 Å². The van der Waals surface area contributed by atoms with Crippen LogP contribution in [-0.2, 0) is 0 Å². The van der Waals surface area contributed by atoms with Gasteiger partial charge in [0.2, 0.25) is 5.89 Å². The van der Waals surface area contributed by atoms with E-state index in [0.29, 0.717) is 32.7 Å². The predicted octanol–water partition coefficient (Wildman–Crippen LogP) is 4.38. The summed E-state index contributed by atoms with van der Waals surface area (Å²) in [5.74, 6) is 0.496. The number of hydrogen-bond donors (Lipinski definition) is 1. The second-order valence-electron chi connectivity index (χ2n) is 3.87. The van der Waals surface area contributed by atoms with E-state index >= 15 is 0 Å².